The number of rotatable bonds is 4. The van der Waals surface area contributed by atoms with Crippen molar-refractivity contribution < 1.29 is 4.79 Å². The van der Waals surface area contributed by atoms with E-state index in [1.807, 2.05) is 18.2 Å². The largest absolute Gasteiger partial charge is 0.349 e. The molecule has 1 saturated heterocycles. The molecular weight excluding hydrogens is 282 g/mol. The molecule has 0 radical (unpaired) electrons. The highest BCUT2D eigenvalue weighted by atomic mass is 32.1. The van der Waals surface area contributed by atoms with Crippen LogP contribution in [0.15, 0.2) is 24.3 Å². The zero-order valence-corrected chi connectivity index (χ0v) is 13.1. The van der Waals surface area contributed by atoms with Crippen LogP contribution in [0, 0.1) is 5.41 Å². The lowest BCUT2D eigenvalue weighted by Gasteiger charge is -2.35. The van der Waals surface area contributed by atoms with Crippen LogP contribution in [0.3, 0.4) is 0 Å². The number of benzene rings is 1. The molecule has 2 heterocycles. The fraction of sp³-hybridized carbons (Fsp3) is 0.500. The van der Waals surface area contributed by atoms with Crippen molar-refractivity contribution in [3.63, 3.8) is 0 Å². The lowest BCUT2D eigenvalue weighted by molar-refractivity contribution is -0.132. The van der Waals surface area contributed by atoms with E-state index in [1.165, 1.54) is 4.70 Å². The minimum absolute atomic E-state index is 0.163. The average molecular weight is 303 g/mol. The van der Waals surface area contributed by atoms with E-state index in [1.54, 1.807) is 11.3 Å². The third-order valence-electron chi connectivity index (χ3n) is 4.37. The smallest absolute Gasteiger partial charge is 0.227 e. The Labute approximate surface area is 129 Å². The Morgan fingerprint density at radius 1 is 1.48 bits per heavy atom. The first-order chi connectivity index (χ1) is 10.2. The first-order valence-electron chi connectivity index (χ1n) is 7.57. The van der Waals surface area contributed by atoms with Crippen LogP contribution in [0.2, 0.25) is 0 Å². The summed E-state index contributed by atoms with van der Waals surface area (Å²) < 4.78 is 1.17. The maximum atomic E-state index is 12.6. The average Bonchev–Trinajstić information content (AvgIpc) is 2.96. The number of para-hydroxylation sites is 1. The topological polar surface area (TPSA) is 54.0 Å². The Morgan fingerprint density at radius 3 is 3.05 bits per heavy atom. The third kappa shape index (κ3) is 2.94. The second kappa shape index (κ2) is 6.12. The van der Waals surface area contributed by atoms with Crippen molar-refractivity contribution >= 4 is 27.5 Å². The molecule has 2 N–H and O–H groups in total. The summed E-state index contributed by atoms with van der Waals surface area (Å²) >= 11 is 1.65. The predicted molar refractivity (Wildman–Crippen MR) is 86.3 cm³/mol. The molecule has 0 saturated carbocycles. The minimum atomic E-state index is -0.241. The van der Waals surface area contributed by atoms with Crippen LogP contribution in [-0.2, 0) is 11.3 Å². The molecule has 1 unspecified atom stereocenters. The lowest BCUT2D eigenvalue weighted by Crippen LogP contribution is -2.50. The summed E-state index contributed by atoms with van der Waals surface area (Å²) in [6.07, 6.45) is 2.93. The zero-order valence-electron chi connectivity index (χ0n) is 12.3. The molecule has 0 aliphatic carbocycles. The summed E-state index contributed by atoms with van der Waals surface area (Å²) in [6, 6.07) is 8.08. The van der Waals surface area contributed by atoms with E-state index >= 15 is 0 Å². The number of piperidine rings is 1. The summed E-state index contributed by atoms with van der Waals surface area (Å²) in [5.41, 5.74) is 0.769. The molecule has 1 amide bonds. The molecule has 21 heavy (non-hydrogen) atoms. The first kappa shape index (κ1) is 14.5. The normalized spacial score (nSPS) is 22.3. The van der Waals surface area contributed by atoms with Gasteiger partial charge in [-0.15, -0.1) is 11.3 Å². The van der Waals surface area contributed by atoms with Gasteiger partial charge in [0.2, 0.25) is 5.91 Å². The molecule has 1 aromatic carbocycles. The van der Waals surface area contributed by atoms with Gasteiger partial charge in [-0.25, -0.2) is 4.98 Å². The monoisotopic (exact) mass is 303 g/mol. The molecule has 1 aromatic heterocycles. The van der Waals surface area contributed by atoms with Crippen LogP contribution >= 0.6 is 11.3 Å². The summed E-state index contributed by atoms with van der Waals surface area (Å²) in [4.78, 5) is 17.1. The van der Waals surface area contributed by atoms with Crippen molar-refractivity contribution in [1.82, 2.24) is 15.6 Å². The van der Waals surface area contributed by atoms with E-state index in [9.17, 15) is 4.79 Å². The molecule has 1 atom stereocenters. The maximum Gasteiger partial charge on any atom is 0.227 e. The number of aromatic nitrogens is 1. The van der Waals surface area contributed by atoms with E-state index in [0.717, 1.165) is 42.9 Å². The number of hydrogen-bond donors (Lipinski definition) is 2. The van der Waals surface area contributed by atoms with Crippen LogP contribution < -0.4 is 10.6 Å². The number of nitrogens with one attached hydrogen (secondary N) is 2. The minimum Gasteiger partial charge on any atom is -0.349 e. The molecule has 0 spiro atoms. The number of nitrogens with zero attached hydrogens (tertiary/aromatic N) is 1. The van der Waals surface area contributed by atoms with E-state index in [4.69, 9.17) is 0 Å². The number of amides is 1. The van der Waals surface area contributed by atoms with E-state index < -0.39 is 0 Å². The van der Waals surface area contributed by atoms with Crippen LogP contribution in [0.4, 0.5) is 0 Å². The van der Waals surface area contributed by atoms with Gasteiger partial charge in [-0.3, -0.25) is 4.79 Å². The van der Waals surface area contributed by atoms with Gasteiger partial charge in [-0.05, 0) is 37.9 Å². The second-order valence-corrected chi connectivity index (χ2v) is 6.79. The summed E-state index contributed by atoms with van der Waals surface area (Å²) in [5.74, 6) is 0.163. The highest BCUT2D eigenvalue weighted by molar-refractivity contribution is 7.18. The molecule has 4 nitrogen and oxygen atoms in total. The van der Waals surface area contributed by atoms with Crippen molar-refractivity contribution in [2.75, 3.05) is 13.1 Å². The standard InChI is InChI=1S/C16H21N3OS/c1-2-16(8-5-9-17-11-16)15(20)18-10-14-19-12-6-3-4-7-13(12)21-14/h3-4,6-7,17H,2,5,8-11H2,1H3,(H,18,20). The van der Waals surface area contributed by atoms with Gasteiger partial charge in [0.25, 0.3) is 0 Å². The number of carbonyl (C=O) groups is 1. The number of carbonyl (C=O) groups excluding carboxylic acids is 1. The second-order valence-electron chi connectivity index (χ2n) is 5.67. The molecule has 1 aliphatic heterocycles. The fourth-order valence-corrected chi connectivity index (χ4v) is 3.87. The summed E-state index contributed by atoms with van der Waals surface area (Å²) in [5, 5.41) is 7.42. The van der Waals surface area contributed by atoms with Crippen molar-refractivity contribution in [3.05, 3.63) is 29.3 Å². The highest BCUT2D eigenvalue weighted by Crippen LogP contribution is 2.30. The fourth-order valence-electron chi connectivity index (χ4n) is 2.96. The molecule has 5 heteroatoms. The van der Waals surface area contributed by atoms with Gasteiger partial charge >= 0.3 is 0 Å². The quantitative estimate of drug-likeness (QED) is 0.913. The van der Waals surface area contributed by atoms with Crippen molar-refractivity contribution in [2.24, 2.45) is 5.41 Å². The molecule has 1 fully saturated rings. The molecule has 0 bridgehead atoms. The highest BCUT2D eigenvalue weighted by Gasteiger charge is 2.37. The predicted octanol–water partition coefficient (Wildman–Crippen LogP) is 2.69. The Hall–Kier alpha value is -1.46. The van der Waals surface area contributed by atoms with Crippen molar-refractivity contribution in [1.29, 1.82) is 0 Å². The Bertz CT molecular complexity index is 598. The van der Waals surface area contributed by atoms with Gasteiger partial charge < -0.3 is 10.6 Å². The molecule has 1 aliphatic rings. The van der Waals surface area contributed by atoms with Crippen LogP contribution in [0.25, 0.3) is 10.2 Å². The van der Waals surface area contributed by atoms with Crippen LogP contribution in [0.5, 0.6) is 0 Å². The van der Waals surface area contributed by atoms with Gasteiger partial charge in [0.05, 0.1) is 22.2 Å². The van der Waals surface area contributed by atoms with Crippen molar-refractivity contribution in [3.8, 4) is 0 Å². The van der Waals surface area contributed by atoms with E-state index in [2.05, 4.69) is 28.6 Å². The van der Waals surface area contributed by atoms with Gasteiger partial charge in [0.15, 0.2) is 0 Å². The summed E-state index contributed by atoms with van der Waals surface area (Å²) in [6.45, 7) is 4.44. The number of hydrogen-bond acceptors (Lipinski definition) is 4. The maximum absolute atomic E-state index is 12.6. The molecule has 3 rings (SSSR count). The zero-order chi connectivity index (χ0) is 14.7. The SMILES string of the molecule is CCC1(C(=O)NCc2nc3ccccc3s2)CCCNC1. The number of fused-ring (bicyclic) bond motifs is 1. The van der Waals surface area contributed by atoms with E-state index in [0.29, 0.717) is 6.54 Å². The van der Waals surface area contributed by atoms with Crippen molar-refractivity contribution in [2.45, 2.75) is 32.7 Å². The van der Waals surface area contributed by atoms with Gasteiger partial charge in [0.1, 0.15) is 5.01 Å². The first-order valence-corrected chi connectivity index (χ1v) is 8.39. The Morgan fingerprint density at radius 2 is 2.33 bits per heavy atom. The van der Waals surface area contributed by atoms with Gasteiger partial charge in [-0.1, -0.05) is 19.1 Å². The van der Waals surface area contributed by atoms with Gasteiger partial charge in [-0.2, -0.15) is 0 Å². The van der Waals surface area contributed by atoms with E-state index in [-0.39, 0.29) is 11.3 Å². The van der Waals surface area contributed by atoms with Gasteiger partial charge in [0, 0.05) is 6.54 Å². The molecular formula is C16H21N3OS. The Balaban J connectivity index is 1.67. The molecule has 2 aromatic rings. The number of thiazole rings is 1. The van der Waals surface area contributed by atoms with Crippen LogP contribution in [0.1, 0.15) is 31.2 Å². The lowest BCUT2D eigenvalue weighted by atomic mass is 9.77. The third-order valence-corrected chi connectivity index (χ3v) is 5.41. The Kier molecular flexibility index (Phi) is 4.22. The van der Waals surface area contributed by atoms with Crippen LogP contribution in [-0.4, -0.2) is 24.0 Å². The molecule has 112 valence electrons. The summed E-state index contributed by atoms with van der Waals surface area (Å²) in [7, 11) is 0.